The number of rotatable bonds is 7. The summed E-state index contributed by atoms with van der Waals surface area (Å²) < 4.78 is 12.7. The number of ether oxygens (including phenoxy) is 1. The molecular weight excluding hydrogens is 340 g/mol. The smallest absolute Gasteiger partial charge is 0.268 e. The molecule has 0 aliphatic carbocycles. The first-order chi connectivity index (χ1) is 13.0. The Balaban J connectivity index is 1.93. The zero-order valence-corrected chi connectivity index (χ0v) is 16.3. The molecule has 1 amide bonds. The maximum Gasteiger partial charge on any atom is 0.268 e. The highest BCUT2D eigenvalue weighted by Gasteiger charge is 2.22. The Morgan fingerprint density at radius 3 is 2.70 bits per heavy atom. The van der Waals surface area contributed by atoms with Crippen LogP contribution in [0.25, 0.3) is 0 Å². The normalized spacial score (nSPS) is 10.8. The van der Waals surface area contributed by atoms with Crippen LogP contribution >= 0.6 is 0 Å². The number of hydrogen-bond acceptors (Lipinski definition) is 3. The van der Waals surface area contributed by atoms with Crippen molar-refractivity contribution in [3.63, 3.8) is 0 Å². The van der Waals surface area contributed by atoms with E-state index in [-0.39, 0.29) is 5.91 Å². The monoisotopic (exact) mass is 366 g/mol. The van der Waals surface area contributed by atoms with Gasteiger partial charge in [0.05, 0.1) is 19.9 Å². The average Bonchev–Trinajstić information content (AvgIpc) is 3.27. The molecule has 142 valence electrons. The maximum atomic E-state index is 13.0. The van der Waals surface area contributed by atoms with Crippen LogP contribution in [-0.4, -0.2) is 17.6 Å². The van der Waals surface area contributed by atoms with Crippen molar-refractivity contribution in [1.82, 2.24) is 9.88 Å². The zero-order valence-electron chi connectivity index (χ0n) is 16.3. The minimum absolute atomic E-state index is 0.0883. The lowest BCUT2D eigenvalue weighted by molar-refractivity contribution is 0.0938. The number of benzene rings is 1. The summed E-state index contributed by atoms with van der Waals surface area (Å²) in [6.45, 7) is 7.21. The van der Waals surface area contributed by atoms with Gasteiger partial charge in [-0.15, -0.1) is 0 Å². The highest BCUT2D eigenvalue weighted by Crippen LogP contribution is 2.25. The van der Waals surface area contributed by atoms with E-state index in [1.165, 1.54) is 5.56 Å². The molecule has 0 saturated heterocycles. The zero-order chi connectivity index (χ0) is 19.4. The van der Waals surface area contributed by atoms with E-state index in [9.17, 15) is 4.79 Å². The maximum absolute atomic E-state index is 13.0. The van der Waals surface area contributed by atoms with E-state index in [1.54, 1.807) is 13.4 Å². The molecule has 3 rings (SSSR count). The van der Waals surface area contributed by atoms with Crippen LogP contribution in [-0.2, 0) is 19.5 Å². The van der Waals surface area contributed by atoms with Crippen LogP contribution in [0.5, 0.6) is 5.75 Å². The van der Waals surface area contributed by atoms with E-state index in [1.807, 2.05) is 43.3 Å². The van der Waals surface area contributed by atoms with Crippen molar-refractivity contribution in [1.29, 1.82) is 0 Å². The van der Waals surface area contributed by atoms with Gasteiger partial charge in [0.2, 0.25) is 0 Å². The first-order valence-corrected chi connectivity index (χ1v) is 9.17. The molecule has 2 aromatic heterocycles. The van der Waals surface area contributed by atoms with Crippen LogP contribution in [0.2, 0.25) is 0 Å². The molecule has 0 radical (unpaired) electrons. The SMILES string of the molecule is CCc1c(C)c(C(=O)NCc2ccco2)n(Cc2cccc(OC)c2)c1C. The number of methoxy groups -OCH3 is 1. The van der Waals surface area contributed by atoms with Gasteiger partial charge in [0.1, 0.15) is 17.2 Å². The molecule has 3 aromatic rings. The van der Waals surface area contributed by atoms with Crippen LogP contribution in [0.15, 0.2) is 47.1 Å². The molecule has 0 aliphatic rings. The molecule has 0 aliphatic heterocycles. The van der Waals surface area contributed by atoms with E-state index in [4.69, 9.17) is 9.15 Å². The van der Waals surface area contributed by atoms with E-state index in [0.29, 0.717) is 18.8 Å². The van der Waals surface area contributed by atoms with Crippen LogP contribution in [0.4, 0.5) is 0 Å². The third-order valence-corrected chi connectivity index (χ3v) is 4.97. The highest BCUT2D eigenvalue weighted by atomic mass is 16.5. The van der Waals surface area contributed by atoms with Gasteiger partial charge >= 0.3 is 0 Å². The van der Waals surface area contributed by atoms with Gasteiger partial charge in [-0.1, -0.05) is 19.1 Å². The van der Waals surface area contributed by atoms with Gasteiger partial charge in [-0.3, -0.25) is 4.79 Å². The molecule has 1 N–H and O–H groups in total. The van der Waals surface area contributed by atoms with Gasteiger partial charge < -0.3 is 19.0 Å². The number of aromatic nitrogens is 1. The minimum Gasteiger partial charge on any atom is -0.497 e. The molecule has 5 nitrogen and oxygen atoms in total. The van der Waals surface area contributed by atoms with E-state index in [0.717, 1.165) is 34.8 Å². The topological polar surface area (TPSA) is 56.4 Å². The first kappa shape index (κ1) is 18.8. The highest BCUT2D eigenvalue weighted by molar-refractivity contribution is 5.95. The van der Waals surface area contributed by atoms with Crippen molar-refractivity contribution in [2.24, 2.45) is 0 Å². The molecule has 27 heavy (non-hydrogen) atoms. The number of carbonyl (C=O) groups excluding carboxylic acids is 1. The summed E-state index contributed by atoms with van der Waals surface area (Å²) in [5, 5.41) is 2.98. The summed E-state index contributed by atoms with van der Waals surface area (Å²) in [5.74, 6) is 1.46. The molecule has 0 atom stereocenters. The first-order valence-electron chi connectivity index (χ1n) is 9.17. The Morgan fingerprint density at radius 1 is 1.22 bits per heavy atom. The van der Waals surface area contributed by atoms with Gasteiger partial charge in [0.25, 0.3) is 5.91 Å². The molecule has 0 bridgehead atoms. The van der Waals surface area contributed by atoms with E-state index in [2.05, 4.69) is 23.7 Å². The molecule has 0 unspecified atom stereocenters. The Kier molecular flexibility index (Phi) is 5.69. The van der Waals surface area contributed by atoms with Gasteiger partial charge in [0.15, 0.2) is 0 Å². The number of nitrogens with zero attached hydrogens (tertiary/aromatic N) is 1. The van der Waals surface area contributed by atoms with Gasteiger partial charge in [-0.25, -0.2) is 0 Å². The molecule has 0 fully saturated rings. The molecule has 5 heteroatoms. The van der Waals surface area contributed by atoms with Crippen molar-refractivity contribution < 1.29 is 13.9 Å². The molecular formula is C22H26N2O3. The number of carbonyl (C=O) groups is 1. The Bertz CT molecular complexity index is 923. The van der Waals surface area contributed by atoms with Crippen LogP contribution in [0, 0.1) is 13.8 Å². The van der Waals surface area contributed by atoms with Gasteiger partial charge in [-0.05, 0) is 61.2 Å². The van der Waals surface area contributed by atoms with Crippen LogP contribution < -0.4 is 10.1 Å². The fourth-order valence-electron chi connectivity index (χ4n) is 3.58. The third kappa shape index (κ3) is 3.92. The standard InChI is InChI=1S/C22H26N2O3/c1-5-20-15(2)21(22(25)23-13-19-10-7-11-27-19)24(16(20)3)14-17-8-6-9-18(12-17)26-4/h6-12H,5,13-14H2,1-4H3,(H,23,25). The molecule has 0 spiro atoms. The van der Waals surface area contributed by atoms with Gasteiger partial charge in [-0.2, -0.15) is 0 Å². The third-order valence-electron chi connectivity index (χ3n) is 4.97. The van der Waals surface area contributed by atoms with Crippen LogP contribution in [0.1, 0.15) is 45.6 Å². The minimum atomic E-state index is -0.0883. The van der Waals surface area contributed by atoms with E-state index < -0.39 is 0 Å². The predicted molar refractivity (Wildman–Crippen MR) is 105 cm³/mol. The number of amides is 1. The van der Waals surface area contributed by atoms with Crippen LogP contribution in [0.3, 0.4) is 0 Å². The number of furan rings is 1. The van der Waals surface area contributed by atoms with Crippen molar-refractivity contribution in [2.45, 2.75) is 40.3 Å². The Labute approximate surface area is 160 Å². The lowest BCUT2D eigenvalue weighted by Gasteiger charge is -2.13. The fraction of sp³-hybridized carbons (Fsp3) is 0.318. The lowest BCUT2D eigenvalue weighted by Crippen LogP contribution is -2.26. The summed E-state index contributed by atoms with van der Waals surface area (Å²) in [4.78, 5) is 13.0. The van der Waals surface area contributed by atoms with Crippen molar-refractivity contribution in [2.75, 3.05) is 7.11 Å². The van der Waals surface area contributed by atoms with Crippen molar-refractivity contribution in [3.8, 4) is 5.75 Å². The molecule has 0 saturated carbocycles. The summed E-state index contributed by atoms with van der Waals surface area (Å²) in [6.07, 6.45) is 2.50. The summed E-state index contributed by atoms with van der Waals surface area (Å²) >= 11 is 0. The largest absolute Gasteiger partial charge is 0.497 e. The van der Waals surface area contributed by atoms with Crippen molar-refractivity contribution in [3.05, 3.63) is 76.5 Å². The molecule has 2 heterocycles. The Hall–Kier alpha value is -2.95. The average molecular weight is 366 g/mol. The second-order valence-electron chi connectivity index (χ2n) is 6.59. The summed E-state index contributed by atoms with van der Waals surface area (Å²) in [6, 6.07) is 11.6. The molecule has 1 aromatic carbocycles. The predicted octanol–water partition coefficient (Wildman–Crippen LogP) is 4.25. The summed E-state index contributed by atoms with van der Waals surface area (Å²) in [5.41, 5.74) is 5.19. The second kappa shape index (κ2) is 8.16. The van der Waals surface area contributed by atoms with Gasteiger partial charge in [0, 0.05) is 12.2 Å². The summed E-state index contributed by atoms with van der Waals surface area (Å²) in [7, 11) is 1.66. The second-order valence-corrected chi connectivity index (χ2v) is 6.59. The fourth-order valence-corrected chi connectivity index (χ4v) is 3.58. The van der Waals surface area contributed by atoms with E-state index >= 15 is 0 Å². The Morgan fingerprint density at radius 2 is 2.04 bits per heavy atom. The lowest BCUT2D eigenvalue weighted by atomic mass is 10.1. The quantitative estimate of drug-likeness (QED) is 0.680. The van der Waals surface area contributed by atoms with Crippen molar-refractivity contribution >= 4 is 5.91 Å². The number of nitrogens with one attached hydrogen (secondary N) is 1. The number of hydrogen-bond donors (Lipinski definition) is 1.